The minimum atomic E-state index is -0.253. The summed E-state index contributed by atoms with van der Waals surface area (Å²) in [6.45, 7) is 5.13. The van der Waals surface area contributed by atoms with E-state index >= 15 is 0 Å². The zero-order valence-corrected chi connectivity index (χ0v) is 15.5. The Morgan fingerprint density at radius 1 is 1.19 bits per heavy atom. The van der Waals surface area contributed by atoms with Gasteiger partial charge < -0.3 is 24.6 Å². The smallest absolute Gasteiger partial charge is 0.329 e. The number of hydrazine groups is 1. The number of carbonyl (C=O) groups excluding carboxylic acids is 2. The lowest BCUT2D eigenvalue weighted by Crippen LogP contribution is -3.12. The van der Waals surface area contributed by atoms with E-state index in [-0.39, 0.29) is 24.4 Å². The van der Waals surface area contributed by atoms with Crippen molar-refractivity contribution < 1.29 is 24.0 Å². The highest BCUT2D eigenvalue weighted by molar-refractivity contribution is 5.97. The summed E-state index contributed by atoms with van der Waals surface area (Å²) >= 11 is 0. The van der Waals surface area contributed by atoms with Gasteiger partial charge in [0.1, 0.15) is 13.2 Å². The van der Waals surface area contributed by atoms with E-state index in [1.807, 2.05) is 23.2 Å². The summed E-state index contributed by atoms with van der Waals surface area (Å²) in [4.78, 5) is 27.8. The van der Waals surface area contributed by atoms with E-state index in [0.717, 1.165) is 31.9 Å². The molecule has 27 heavy (non-hydrogen) atoms. The van der Waals surface area contributed by atoms with Crippen LogP contribution >= 0.6 is 0 Å². The van der Waals surface area contributed by atoms with E-state index in [1.165, 1.54) is 4.90 Å². The molecule has 3 heterocycles. The van der Waals surface area contributed by atoms with Crippen molar-refractivity contribution in [3.63, 3.8) is 0 Å². The molecule has 0 saturated carbocycles. The lowest BCUT2D eigenvalue weighted by molar-refractivity contribution is -0.884. The number of benzene rings is 1. The number of piperazine rings is 1. The number of hydrogen-bond donors (Lipinski definition) is 3. The number of quaternary nitrogens is 1. The molecule has 1 atom stereocenters. The summed E-state index contributed by atoms with van der Waals surface area (Å²) in [5.41, 5.74) is 3.64. The third kappa shape index (κ3) is 4.09. The van der Waals surface area contributed by atoms with E-state index in [4.69, 9.17) is 9.47 Å². The topological polar surface area (TPSA) is 87.6 Å². The molecule has 1 aromatic carbocycles. The molecule has 3 N–H and O–H groups in total. The second-order valence-corrected chi connectivity index (χ2v) is 7.26. The SMILES string of the molecule is C[NH+]1CCN(NC(=O)N[C@H]2CC(=O)N(c3ccc4c(c3)OCCO4)C2)CC1. The first-order valence-corrected chi connectivity index (χ1v) is 9.42. The molecule has 3 aliphatic heterocycles. The molecule has 0 unspecified atom stereocenters. The number of anilines is 1. The van der Waals surface area contributed by atoms with Gasteiger partial charge in [0.25, 0.3) is 0 Å². The van der Waals surface area contributed by atoms with Crippen LogP contribution in [0, 0.1) is 0 Å². The summed E-state index contributed by atoms with van der Waals surface area (Å²) < 4.78 is 11.1. The second-order valence-electron chi connectivity index (χ2n) is 7.26. The van der Waals surface area contributed by atoms with Crippen molar-refractivity contribution in [2.24, 2.45) is 0 Å². The van der Waals surface area contributed by atoms with Crippen LogP contribution in [0.1, 0.15) is 6.42 Å². The lowest BCUT2D eigenvalue weighted by atomic mass is 10.2. The van der Waals surface area contributed by atoms with E-state index in [1.54, 1.807) is 4.90 Å². The van der Waals surface area contributed by atoms with Crippen LogP contribution in [0.4, 0.5) is 10.5 Å². The summed E-state index contributed by atoms with van der Waals surface area (Å²) in [6.07, 6.45) is 0.286. The maximum Gasteiger partial charge on any atom is 0.329 e. The van der Waals surface area contributed by atoms with Crippen molar-refractivity contribution in [2.75, 3.05) is 57.9 Å². The molecule has 3 aliphatic rings. The highest BCUT2D eigenvalue weighted by Gasteiger charge is 2.32. The molecule has 3 amide bonds. The zero-order chi connectivity index (χ0) is 18.8. The fraction of sp³-hybridized carbons (Fsp3) is 0.556. The molecule has 1 aromatic rings. The maximum atomic E-state index is 12.4. The van der Waals surface area contributed by atoms with Crippen LogP contribution < -0.4 is 30.0 Å². The van der Waals surface area contributed by atoms with Crippen molar-refractivity contribution in [1.82, 2.24) is 15.8 Å². The van der Waals surface area contributed by atoms with Crippen LogP contribution in [0.5, 0.6) is 11.5 Å². The average Bonchev–Trinajstić information content (AvgIpc) is 3.03. The Labute approximate surface area is 158 Å². The number of amides is 3. The Morgan fingerprint density at radius 3 is 2.70 bits per heavy atom. The third-order valence-corrected chi connectivity index (χ3v) is 5.17. The zero-order valence-electron chi connectivity index (χ0n) is 15.5. The number of fused-ring (bicyclic) bond motifs is 1. The number of hydrogen-bond acceptors (Lipinski definition) is 5. The van der Waals surface area contributed by atoms with E-state index in [0.29, 0.717) is 31.3 Å². The number of likely N-dealkylation sites (N-methyl/N-ethyl adjacent to an activating group) is 1. The number of nitrogens with zero attached hydrogens (tertiary/aromatic N) is 2. The first-order valence-electron chi connectivity index (χ1n) is 9.42. The van der Waals surface area contributed by atoms with Crippen LogP contribution in [0.25, 0.3) is 0 Å². The van der Waals surface area contributed by atoms with Gasteiger partial charge in [-0.1, -0.05) is 0 Å². The average molecular weight is 376 g/mol. The summed E-state index contributed by atoms with van der Waals surface area (Å²) in [5, 5.41) is 4.84. The van der Waals surface area contributed by atoms with Gasteiger partial charge in [-0.25, -0.2) is 9.80 Å². The fourth-order valence-corrected chi connectivity index (χ4v) is 3.62. The van der Waals surface area contributed by atoms with Gasteiger partial charge in [-0.05, 0) is 12.1 Å². The van der Waals surface area contributed by atoms with Gasteiger partial charge >= 0.3 is 6.03 Å². The molecule has 146 valence electrons. The van der Waals surface area contributed by atoms with Gasteiger partial charge in [-0.2, -0.15) is 0 Å². The molecular weight excluding hydrogens is 350 g/mol. The minimum Gasteiger partial charge on any atom is -0.486 e. The third-order valence-electron chi connectivity index (χ3n) is 5.17. The van der Waals surface area contributed by atoms with Crippen molar-refractivity contribution in [2.45, 2.75) is 12.5 Å². The van der Waals surface area contributed by atoms with Gasteiger partial charge in [0.15, 0.2) is 11.5 Å². The van der Waals surface area contributed by atoms with Crippen LogP contribution in [-0.4, -0.2) is 76.0 Å². The fourth-order valence-electron chi connectivity index (χ4n) is 3.62. The molecule has 2 fully saturated rings. The van der Waals surface area contributed by atoms with Gasteiger partial charge in [0.05, 0.1) is 39.3 Å². The molecule has 0 spiro atoms. The summed E-state index contributed by atoms with van der Waals surface area (Å²) in [7, 11) is 2.15. The predicted octanol–water partition coefficient (Wildman–Crippen LogP) is -1.39. The molecule has 0 bridgehead atoms. The van der Waals surface area contributed by atoms with Crippen molar-refractivity contribution >= 4 is 17.6 Å². The molecule has 2 saturated heterocycles. The number of carbonyl (C=O) groups is 2. The standard InChI is InChI=1S/C18H25N5O4/c1-21-4-6-22(7-5-21)20-18(25)19-13-10-17(24)23(12-13)14-2-3-15-16(11-14)27-9-8-26-15/h2-3,11,13H,4-10,12H2,1H3,(H2,19,20,25)/p+1/t13-/m0/s1. The number of urea groups is 1. The maximum absolute atomic E-state index is 12.4. The predicted molar refractivity (Wildman–Crippen MR) is 98.1 cm³/mol. The highest BCUT2D eigenvalue weighted by atomic mass is 16.6. The van der Waals surface area contributed by atoms with Crippen molar-refractivity contribution in [1.29, 1.82) is 0 Å². The summed E-state index contributed by atoms with van der Waals surface area (Å²) in [6, 6.07) is 5.02. The molecular formula is C18H26N5O4+. The van der Waals surface area contributed by atoms with Crippen molar-refractivity contribution in [3.05, 3.63) is 18.2 Å². The first-order chi connectivity index (χ1) is 13.1. The largest absolute Gasteiger partial charge is 0.486 e. The Morgan fingerprint density at radius 2 is 1.93 bits per heavy atom. The minimum absolute atomic E-state index is 0.0137. The molecule has 0 aromatic heterocycles. The first kappa shape index (κ1) is 17.9. The lowest BCUT2D eigenvalue weighted by Gasteiger charge is -2.30. The van der Waals surface area contributed by atoms with Crippen LogP contribution in [0.2, 0.25) is 0 Å². The molecule has 9 heteroatoms. The normalized spacial score (nSPS) is 23.4. The van der Waals surface area contributed by atoms with E-state index < -0.39 is 0 Å². The number of nitrogens with one attached hydrogen (secondary N) is 3. The molecule has 0 radical (unpaired) electrons. The van der Waals surface area contributed by atoms with Gasteiger partial charge in [-0.3, -0.25) is 10.2 Å². The molecule has 9 nitrogen and oxygen atoms in total. The van der Waals surface area contributed by atoms with Crippen LogP contribution in [0.3, 0.4) is 0 Å². The molecule has 0 aliphatic carbocycles. The van der Waals surface area contributed by atoms with Crippen LogP contribution in [0.15, 0.2) is 18.2 Å². The van der Waals surface area contributed by atoms with Crippen LogP contribution in [-0.2, 0) is 4.79 Å². The van der Waals surface area contributed by atoms with Gasteiger partial charge in [0, 0.05) is 24.7 Å². The van der Waals surface area contributed by atoms with Gasteiger partial charge in [-0.15, -0.1) is 0 Å². The highest BCUT2D eigenvalue weighted by Crippen LogP contribution is 2.35. The Hall–Kier alpha value is -2.52. The monoisotopic (exact) mass is 376 g/mol. The number of rotatable bonds is 3. The Kier molecular flexibility index (Phi) is 5.04. The molecule has 4 rings (SSSR count). The quantitative estimate of drug-likeness (QED) is 0.605. The summed E-state index contributed by atoms with van der Waals surface area (Å²) in [5.74, 6) is 1.33. The van der Waals surface area contributed by atoms with E-state index in [2.05, 4.69) is 17.8 Å². The Balaban J connectivity index is 1.33. The van der Waals surface area contributed by atoms with Gasteiger partial charge in [0.2, 0.25) is 5.91 Å². The van der Waals surface area contributed by atoms with E-state index in [9.17, 15) is 9.59 Å². The number of ether oxygens (including phenoxy) is 2. The Bertz CT molecular complexity index is 720. The second kappa shape index (κ2) is 7.61. The van der Waals surface area contributed by atoms with Crippen molar-refractivity contribution in [3.8, 4) is 11.5 Å².